The number of hydrogen-bond donors (Lipinski definition) is 1. The summed E-state index contributed by atoms with van der Waals surface area (Å²) in [6.45, 7) is 2.92. The van der Waals surface area contributed by atoms with Crippen LogP contribution in [0.1, 0.15) is 11.8 Å². The summed E-state index contributed by atoms with van der Waals surface area (Å²) in [4.78, 5) is 0.985. The van der Waals surface area contributed by atoms with Crippen molar-refractivity contribution < 1.29 is 9.47 Å². The highest BCUT2D eigenvalue weighted by atomic mass is 35.5. The molecule has 0 saturated carbocycles. The molecule has 2 N–H and O–H groups in total. The van der Waals surface area contributed by atoms with Crippen LogP contribution < -0.4 is 5.73 Å². The molecule has 78 valence electrons. The maximum Gasteiger partial charge on any atom is 0.201 e. The summed E-state index contributed by atoms with van der Waals surface area (Å²) in [6, 6.07) is 3.77. The zero-order valence-electron chi connectivity index (χ0n) is 7.83. The quantitative estimate of drug-likeness (QED) is 0.849. The average Bonchev–Trinajstić information content (AvgIpc) is 2.73. The highest BCUT2D eigenvalue weighted by Gasteiger charge is 2.39. The van der Waals surface area contributed by atoms with Gasteiger partial charge in [0.05, 0.1) is 21.9 Å². The molecule has 0 radical (unpaired) electrons. The van der Waals surface area contributed by atoms with Gasteiger partial charge in [0.15, 0.2) is 0 Å². The van der Waals surface area contributed by atoms with Crippen LogP contribution in [-0.4, -0.2) is 19.3 Å². The molecule has 2 unspecified atom stereocenters. The lowest BCUT2D eigenvalue weighted by Crippen LogP contribution is -2.26. The van der Waals surface area contributed by atoms with Crippen molar-refractivity contribution in [3.8, 4) is 0 Å². The molecule has 0 spiro atoms. The van der Waals surface area contributed by atoms with Crippen LogP contribution in [0.4, 0.5) is 0 Å². The standard InChI is InChI=1S/C9H12ClNO2S/c1-9(7-2-3-8(10)14-7)12-5-6(4-11)13-9/h2-3,6H,4-5,11H2,1H3. The predicted molar refractivity (Wildman–Crippen MR) is 56.6 cm³/mol. The average molecular weight is 234 g/mol. The molecule has 2 atom stereocenters. The van der Waals surface area contributed by atoms with Crippen LogP contribution in [0.15, 0.2) is 12.1 Å². The summed E-state index contributed by atoms with van der Waals surface area (Å²) in [5.41, 5.74) is 5.51. The zero-order chi connectivity index (χ0) is 10.2. The Bertz CT molecular complexity index is 330. The van der Waals surface area contributed by atoms with E-state index in [4.69, 9.17) is 26.8 Å². The van der Waals surface area contributed by atoms with Crippen molar-refractivity contribution in [3.05, 3.63) is 21.3 Å². The second-order valence-corrected chi connectivity index (χ2v) is 5.05. The molecule has 1 fully saturated rings. The molecule has 2 heterocycles. The Morgan fingerprint density at radius 2 is 2.50 bits per heavy atom. The van der Waals surface area contributed by atoms with E-state index in [1.165, 1.54) is 11.3 Å². The second kappa shape index (κ2) is 3.79. The molecule has 2 rings (SSSR count). The van der Waals surface area contributed by atoms with E-state index in [2.05, 4.69) is 0 Å². The Morgan fingerprint density at radius 3 is 3.00 bits per heavy atom. The Balaban J connectivity index is 2.18. The minimum absolute atomic E-state index is 0.0131. The predicted octanol–water partition coefficient (Wildman–Crippen LogP) is 1.95. The number of ether oxygens (including phenoxy) is 2. The highest BCUT2D eigenvalue weighted by Crippen LogP contribution is 2.38. The van der Waals surface area contributed by atoms with Gasteiger partial charge in [-0.15, -0.1) is 11.3 Å². The maximum atomic E-state index is 5.85. The molecule has 3 nitrogen and oxygen atoms in total. The van der Waals surface area contributed by atoms with Gasteiger partial charge in [-0.1, -0.05) is 11.6 Å². The van der Waals surface area contributed by atoms with Gasteiger partial charge in [-0.3, -0.25) is 0 Å². The Labute approximate surface area is 91.8 Å². The van der Waals surface area contributed by atoms with Gasteiger partial charge >= 0.3 is 0 Å². The summed E-state index contributed by atoms with van der Waals surface area (Å²) >= 11 is 7.32. The minimum Gasteiger partial charge on any atom is -0.343 e. The van der Waals surface area contributed by atoms with Crippen molar-refractivity contribution in [1.82, 2.24) is 0 Å². The molecule has 5 heteroatoms. The van der Waals surface area contributed by atoms with Gasteiger partial charge in [-0.2, -0.15) is 0 Å². The Morgan fingerprint density at radius 1 is 1.71 bits per heavy atom. The number of thiophene rings is 1. The molecule has 1 aliphatic rings. The lowest BCUT2D eigenvalue weighted by molar-refractivity contribution is -0.157. The summed E-state index contributed by atoms with van der Waals surface area (Å²) in [5, 5.41) is 0. The van der Waals surface area contributed by atoms with Crippen LogP contribution >= 0.6 is 22.9 Å². The molecular formula is C9H12ClNO2S. The largest absolute Gasteiger partial charge is 0.343 e. The highest BCUT2D eigenvalue weighted by molar-refractivity contribution is 7.16. The molecule has 0 bridgehead atoms. The van der Waals surface area contributed by atoms with E-state index >= 15 is 0 Å². The molecule has 1 saturated heterocycles. The molecule has 0 aromatic carbocycles. The molecule has 1 aromatic rings. The van der Waals surface area contributed by atoms with Crippen LogP contribution in [0.5, 0.6) is 0 Å². The molecule has 1 aromatic heterocycles. The fourth-order valence-electron chi connectivity index (χ4n) is 1.44. The third kappa shape index (κ3) is 1.81. The van der Waals surface area contributed by atoms with Crippen LogP contribution in [0.2, 0.25) is 4.34 Å². The first-order valence-electron chi connectivity index (χ1n) is 4.42. The van der Waals surface area contributed by atoms with E-state index in [1.54, 1.807) is 0 Å². The first-order chi connectivity index (χ1) is 6.64. The Hall–Kier alpha value is -0.130. The number of halogens is 1. The smallest absolute Gasteiger partial charge is 0.201 e. The van der Waals surface area contributed by atoms with Crippen LogP contribution in [-0.2, 0) is 15.3 Å². The number of rotatable bonds is 2. The topological polar surface area (TPSA) is 44.5 Å². The van der Waals surface area contributed by atoms with E-state index < -0.39 is 5.79 Å². The van der Waals surface area contributed by atoms with E-state index in [-0.39, 0.29) is 6.10 Å². The molecule has 14 heavy (non-hydrogen) atoms. The summed E-state index contributed by atoms with van der Waals surface area (Å²) in [6.07, 6.45) is -0.0131. The molecule has 1 aliphatic heterocycles. The van der Waals surface area contributed by atoms with E-state index in [9.17, 15) is 0 Å². The van der Waals surface area contributed by atoms with Crippen molar-refractivity contribution >= 4 is 22.9 Å². The normalized spacial score (nSPS) is 32.4. The SMILES string of the molecule is CC1(c2ccc(Cl)s2)OCC(CN)O1. The summed E-state index contributed by atoms with van der Waals surface area (Å²) in [7, 11) is 0. The van der Waals surface area contributed by atoms with E-state index in [1.807, 2.05) is 19.1 Å². The van der Waals surface area contributed by atoms with Gasteiger partial charge in [-0.05, 0) is 19.1 Å². The van der Waals surface area contributed by atoms with Crippen LogP contribution in [0.3, 0.4) is 0 Å². The van der Waals surface area contributed by atoms with Gasteiger partial charge < -0.3 is 15.2 Å². The van der Waals surface area contributed by atoms with Crippen LogP contribution in [0, 0.1) is 0 Å². The van der Waals surface area contributed by atoms with Crippen molar-refractivity contribution in [2.45, 2.75) is 18.8 Å². The van der Waals surface area contributed by atoms with Gasteiger partial charge in [0, 0.05) is 6.54 Å². The number of hydrogen-bond acceptors (Lipinski definition) is 4. The monoisotopic (exact) mass is 233 g/mol. The number of nitrogens with two attached hydrogens (primary N) is 1. The van der Waals surface area contributed by atoms with Crippen molar-refractivity contribution in [2.75, 3.05) is 13.2 Å². The second-order valence-electron chi connectivity index (χ2n) is 3.34. The van der Waals surface area contributed by atoms with Crippen molar-refractivity contribution in [2.24, 2.45) is 5.73 Å². The van der Waals surface area contributed by atoms with E-state index in [0.717, 1.165) is 9.21 Å². The summed E-state index contributed by atoms with van der Waals surface area (Å²) in [5.74, 6) is -0.665. The van der Waals surface area contributed by atoms with Gasteiger partial charge in [0.1, 0.15) is 0 Å². The van der Waals surface area contributed by atoms with Crippen molar-refractivity contribution in [3.63, 3.8) is 0 Å². The fourth-order valence-corrected chi connectivity index (χ4v) is 2.53. The van der Waals surface area contributed by atoms with Gasteiger partial charge in [0.25, 0.3) is 0 Å². The third-order valence-electron chi connectivity index (χ3n) is 2.22. The van der Waals surface area contributed by atoms with Gasteiger partial charge in [-0.25, -0.2) is 0 Å². The lowest BCUT2D eigenvalue weighted by atomic mass is 10.2. The molecular weight excluding hydrogens is 222 g/mol. The molecule has 0 aliphatic carbocycles. The molecule has 0 amide bonds. The first kappa shape index (κ1) is 10.4. The third-order valence-corrected chi connectivity index (χ3v) is 3.64. The summed E-state index contributed by atoms with van der Waals surface area (Å²) < 4.78 is 12.0. The zero-order valence-corrected chi connectivity index (χ0v) is 9.40. The lowest BCUT2D eigenvalue weighted by Gasteiger charge is -2.21. The fraction of sp³-hybridized carbons (Fsp3) is 0.556. The van der Waals surface area contributed by atoms with Gasteiger partial charge in [0.2, 0.25) is 5.79 Å². The van der Waals surface area contributed by atoms with E-state index in [0.29, 0.717) is 13.2 Å². The first-order valence-corrected chi connectivity index (χ1v) is 5.61. The minimum atomic E-state index is -0.665. The Kier molecular flexibility index (Phi) is 2.81. The van der Waals surface area contributed by atoms with Crippen LogP contribution in [0.25, 0.3) is 0 Å². The van der Waals surface area contributed by atoms with Crippen molar-refractivity contribution in [1.29, 1.82) is 0 Å². The maximum absolute atomic E-state index is 5.85.